The van der Waals surface area contributed by atoms with E-state index in [0.29, 0.717) is 5.92 Å². The minimum atomic E-state index is -0.447. The Morgan fingerprint density at radius 3 is 2.05 bits per heavy atom. The molecule has 1 rings (SSSR count). The van der Waals surface area contributed by atoms with Crippen LogP contribution in [0, 0.1) is 11.8 Å². The number of halogens is 1. The van der Waals surface area contributed by atoms with Gasteiger partial charge in [0.05, 0.1) is 12.1 Å². The number of nitrogens with two attached hydrogens (primary N) is 1. The molecular formula is C17H29ClN2O. The van der Waals surface area contributed by atoms with Crippen LogP contribution in [0.2, 0.25) is 0 Å². The molecule has 0 spiro atoms. The van der Waals surface area contributed by atoms with Gasteiger partial charge in [-0.3, -0.25) is 4.79 Å². The summed E-state index contributed by atoms with van der Waals surface area (Å²) in [6.07, 6.45) is 1.08. The Labute approximate surface area is 135 Å². The highest BCUT2D eigenvalue weighted by Crippen LogP contribution is 2.16. The zero-order valence-electron chi connectivity index (χ0n) is 13.7. The molecular weight excluding hydrogens is 284 g/mol. The molecule has 3 nitrogen and oxygen atoms in total. The summed E-state index contributed by atoms with van der Waals surface area (Å²) in [4.78, 5) is 11.9. The predicted octanol–water partition coefficient (Wildman–Crippen LogP) is 3.47. The van der Waals surface area contributed by atoms with E-state index in [9.17, 15) is 4.79 Å². The molecule has 0 aliphatic carbocycles. The van der Waals surface area contributed by atoms with E-state index in [1.54, 1.807) is 0 Å². The maximum atomic E-state index is 11.9. The second kappa shape index (κ2) is 9.06. The molecule has 0 saturated heterocycles. The van der Waals surface area contributed by atoms with Crippen LogP contribution in [0.5, 0.6) is 0 Å². The third-order valence-electron chi connectivity index (χ3n) is 3.50. The Bertz CT molecular complexity index is 429. The minimum Gasteiger partial charge on any atom is -0.348 e. The third-order valence-corrected chi connectivity index (χ3v) is 3.50. The molecule has 120 valence electrons. The van der Waals surface area contributed by atoms with Crippen molar-refractivity contribution < 1.29 is 4.79 Å². The first-order valence-corrected chi connectivity index (χ1v) is 7.46. The molecule has 0 aliphatic rings. The van der Waals surface area contributed by atoms with Crippen LogP contribution in [0.1, 0.15) is 51.8 Å². The summed E-state index contributed by atoms with van der Waals surface area (Å²) in [7, 11) is 0. The van der Waals surface area contributed by atoms with Crippen molar-refractivity contribution in [2.45, 2.75) is 53.1 Å². The van der Waals surface area contributed by atoms with Crippen molar-refractivity contribution in [3.8, 4) is 0 Å². The molecule has 2 atom stereocenters. The zero-order valence-corrected chi connectivity index (χ0v) is 14.5. The van der Waals surface area contributed by atoms with Crippen LogP contribution in [0.15, 0.2) is 24.3 Å². The largest absolute Gasteiger partial charge is 0.348 e. The summed E-state index contributed by atoms with van der Waals surface area (Å²) in [5, 5.41) is 2.97. The minimum absolute atomic E-state index is 0. The second-order valence-corrected chi connectivity index (χ2v) is 6.34. The molecule has 1 aromatic rings. The van der Waals surface area contributed by atoms with Gasteiger partial charge in [0.15, 0.2) is 0 Å². The number of hydrogen-bond donors (Lipinski definition) is 2. The van der Waals surface area contributed by atoms with E-state index in [0.717, 1.165) is 12.0 Å². The molecule has 1 amide bonds. The highest BCUT2D eigenvalue weighted by atomic mass is 35.5. The van der Waals surface area contributed by atoms with Gasteiger partial charge in [-0.15, -0.1) is 12.4 Å². The first kappa shape index (κ1) is 19.9. The number of nitrogens with one attached hydrogen (secondary N) is 1. The van der Waals surface area contributed by atoms with Crippen molar-refractivity contribution in [3.05, 3.63) is 35.4 Å². The summed E-state index contributed by atoms with van der Waals surface area (Å²) in [6, 6.07) is 7.99. The summed E-state index contributed by atoms with van der Waals surface area (Å²) < 4.78 is 0. The monoisotopic (exact) mass is 312 g/mol. The number of amides is 1. The fourth-order valence-electron chi connectivity index (χ4n) is 2.11. The van der Waals surface area contributed by atoms with Crippen molar-refractivity contribution >= 4 is 18.3 Å². The van der Waals surface area contributed by atoms with Gasteiger partial charge in [-0.1, -0.05) is 52.0 Å². The van der Waals surface area contributed by atoms with Gasteiger partial charge >= 0.3 is 0 Å². The van der Waals surface area contributed by atoms with Gasteiger partial charge in [-0.2, -0.15) is 0 Å². The number of carbonyl (C=O) groups excluding carboxylic acids is 1. The average Bonchev–Trinajstić information content (AvgIpc) is 2.37. The number of carbonyl (C=O) groups is 1. The molecule has 3 N–H and O–H groups in total. The molecule has 21 heavy (non-hydrogen) atoms. The van der Waals surface area contributed by atoms with Crippen LogP contribution >= 0.6 is 12.4 Å². The normalized spacial score (nSPS) is 13.7. The molecule has 0 fully saturated rings. The maximum absolute atomic E-state index is 11.9. The topological polar surface area (TPSA) is 55.1 Å². The first-order valence-electron chi connectivity index (χ1n) is 7.46. The van der Waals surface area contributed by atoms with Crippen LogP contribution in [0.4, 0.5) is 0 Å². The molecule has 0 aliphatic heterocycles. The summed E-state index contributed by atoms with van der Waals surface area (Å²) in [6.45, 7) is 10.3. The van der Waals surface area contributed by atoms with E-state index < -0.39 is 6.04 Å². The van der Waals surface area contributed by atoms with Crippen molar-refractivity contribution in [3.63, 3.8) is 0 Å². The fourth-order valence-corrected chi connectivity index (χ4v) is 2.11. The second-order valence-electron chi connectivity index (χ2n) is 6.34. The molecule has 0 radical (unpaired) electrons. The Kier molecular flexibility index (Phi) is 8.60. The van der Waals surface area contributed by atoms with Crippen LogP contribution in [-0.2, 0) is 11.2 Å². The Morgan fingerprint density at radius 2 is 1.62 bits per heavy atom. The number of benzene rings is 1. The summed E-state index contributed by atoms with van der Waals surface area (Å²) in [5.74, 6) is 0.719. The maximum Gasteiger partial charge on any atom is 0.237 e. The lowest BCUT2D eigenvalue weighted by molar-refractivity contribution is -0.123. The van der Waals surface area contributed by atoms with Gasteiger partial charge in [-0.25, -0.2) is 0 Å². The van der Waals surface area contributed by atoms with Crippen LogP contribution in [0.25, 0.3) is 0 Å². The summed E-state index contributed by atoms with van der Waals surface area (Å²) >= 11 is 0. The van der Waals surface area contributed by atoms with E-state index in [2.05, 4.69) is 43.4 Å². The molecule has 0 heterocycles. The molecule has 0 bridgehead atoms. The smallest absolute Gasteiger partial charge is 0.237 e. The van der Waals surface area contributed by atoms with E-state index in [-0.39, 0.29) is 30.3 Å². The van der Waals surface area contributed by atoms with Gasteiger partial charge < -0.3 is 11.1 Å². The summed E-state index contributed by atoms with van der Waals surface area (Å²) in [5.41, 5.74) is 8.30. The lowest BCUT2D eigenvalue weighted by Gasteiger charge is -2.20. The number of rotatable bonds is 6. The van der Waals surface area contributed by atoms with Crippen LogP contribution in [-0.4, -0.2) is 11.9 Å². The van der Waals surface area contributed by atoms with Gasteiger partial charge in [0, 0.05) is 0 Å². The van der Waals surface area contributed by atoms with Crippen molar-refractivity contribution in [2.24, 2.45) is 17.6 Å². The lowest BCUT2D eigenvalue weighted by atomic mass is 9.99. The van der Waals surface area contributed by atoms with Crippen LogP contribution in [0.3, 0.4) is 0 Å². The molecule has 0 aromatic heterocycles. The fraction of sp³-hybridized carbons (Fsp3) is 0.588. The third kappa shape index (κ3) is 6.49. The van der Waals surface area contributed by atoms with Gasteiger partial charge in [0.1, 0.15) is 0 Å². The van der Waals surface area contributed by atoms with Crippen molar-refractivity contribution in [1.82, 2.24) is 5.32 Å². The average molecular weight is 313 g/mol. The van der Waals surface area contributed by atoms with Crippen LogP contribution < -0.4 is 11.1 Å². The van der Waals surface area contributed by atoms with Crippen molar-refractivity contribution in [2.75, 3.05) is 0 Å². The Morgan fingerprint density at radius 1 is 1.10 bits per heavy atom. The first-order chi connectivity index (χ1) is 9.31. The van der Waals surface area contributed by atoms with E-state index in [1.165, 1.54) is 5.56 Å². The zero-order chi connectivity index (χ0) is 15.3. The Balaban J connectivity index is 0.00000400. The van der Waals surface area contributed by atoms with E-state index in [4.69, 9.17) is 5.73 Å². The molecule has 4 heteroatoms. The van der Waals surface area contributed by atoms with Gasteiger partial charge in [-0.05, 0) is 36.3 Å². The van der Waals surface area contributed by atoms with Crippen molar-refractivity contribution in [1.29, 1.82) is 0 Å². The van der Waals surface area contributed by atoms with E-state index >= 15 is 0 Å². The Hall–Kier alpha value is -1.06. The standard InChI is InChI=1S/C17H28N2O.ClH/c1-11(2)10-14-6-8-15(9-7-14)13(5)19-17(20)16(18)12(3)4;/h6-9,11-13,16H,10,18H2,1-5H3,(H,19,20);1H/t13?,16-;/m1./s1. The van der Waals surface area contributed by atoms with E-state index in [1.807, 2.05) is 20.8 Å². The highest BCUT2D eigenvalue weighted by molar-refractivity contribution is 5.85. The molecule has 0 saturated carbocycles. The molecule has 1 aromatic carbocycles. The van der Waals surface area contributed by atoms with Gasteiger partial charge in [0.2, 0.25) is 5.91 Å². The SMILES string of the molecule is CC(C)Cc1ccc(C(C)NC(=O)[C@H](N)C(C)C)cc1.Cl. The molecule has 1 unspecified atom stereocenters. The quantitative estimate of drug-likeness (QED) is 0.845. The number of hydrogen-bond acceptors (Lipinski definition) is 2. The lowest BCUT2D eigenvalue weighted by Crippen LogP contribution is -2.44. The highest BCUT2D eigenvalue weighted by Gasteiger charge is 2.19. The predicted molar refractivity (Wildman–Crippen MR) is 91.6 cm³/mol. The van der Waals surface area contributed by atoms with Gasteiger partial charge in [0.25, 0.3) is 0 Å².